The fraction of sp³-hybridized carbons (Fsp3) is 0.400. The first-order chi connectivity index (χ1) is 6.27. The van der Waals surface area contributed by atoms with Crippen molar-refractivity contribution in [1.82, 2.24) is 0 Å². The molecule has 1 aliphatic rings. The standard InChI is InChI=1S/C10H11BrO2/c1-7-9(11)3-2-4-10(7)13-6-8-5-12-8/h2-4,8H,5-6H2,1H3. The molecule has 0 bridgehead atoms. The fourth-order valence-electron chi connectivity index (χ4n) is 1.09. The van der Waals surface area contributed by atoms with Crippen LogP contribution in [-0.4, -0.2) is 19.3 Å². The van der Waals surface area contributed by atoms with E-state index in [4.69, 9.17) is 9.47 Å². The highest BCUT2D eigenvalue weighted by molar-refractivity contribution is 9.10. The minimum Gasteiger partial charge on any atom is -0.490 e. The van der Waals surface area contributed by atoms with E-state index in [1.54, 1.807) is 0 Å². The number of hydrogen-bond acceptors (Lipinski definition) is 2. The van der Waals surface area contributed by atoms with Crippen molar-refractivity contribution in [2.45, 2.75) is 13.0 Å². The molecular weight excluding hydrogens is 232 g/mol. The van der Waals surface area contributed by atoms with Gasteiger partial charge in [-0.25, -0.2) is 0 Å². The number of halogens is 1. The highest BCUT2D eigenvalue weighted by Gasteiger charge is 2.23. The van der Waals surface area contributed by atoms with E-state index in [-0.39, 0.29) is 0 Å². The topological polar surface area (TPSA) is 21.8 Å². The molecular formula is C10H11BrO2. The Balaban J connectivity index is 2.05. The Bertz CT molecular complexity index is 308. The van der Waals surface area contributed by atoms with E-state index in [2.05, 4.69) is 15.9 Å². The molecule has 0 spiro atoms. The van der Waals surface area contributed by atoms with Crippen molar-refractivity contribution >= 4 is 15.9 Å². The van der Waals surface area contributed by atoms with Gasteiger partial charge >= 0.3 is 0 Å². The Kier molecular flexibility index (Phi) is 2.56. The van der Waals surface area contributed by atoms with Crippen LogP contribution in [0.4, 0.5) is 0 Å². The van der Waals surface area contributed by atoms with Crippen LogP contribution in [0.5, 0.6) is 5.75 Å². The molecule has 1 atom stereocenters. The Labute approximate surface area is 86.0 Å². The Hall–Kier alpha value is -0.540. The van der Waals surface area contributed by atoms with Crippen molar-refractivity contribution in [3.05, 3.63) is 28.2 Å². The van der Waals surface area contributed by atoms with E-state index in [0.717, 1.165) is 22.4 Å². The normalized spacial score (nSPS) is 20.0. The zero-order chi connectivity index (χ0) is 9.26. The van der Waals surface area contributed by atoms with Gasteiger partial charge in [-0.15, -0.1) is 0 Å². The smallest absolute Gasteiger partial charge is 0.123 e. The van der Waals surface area contributed by atoms with Crippen LogP contribution in [0, 0.1) is 6.92 Å². The quantitative estimate of drug-likeness (QED) is 0.761. The highest BCUT2D eigenvalue weighted by Crippen LogP contribution is 2.26. The van der Waals surface area contributed by atoms with E-state index in [1.807, 2.05) is 25.1 Å². The summed E-state index contributed by atoms with van der Waals surface area (Å²) in [4.78, 5) is 0. The molecule has 70 valence electrons. The Morgan fingerprint density at radius 3 is 3.08 bits per heavy atom. The first-order valence-corrected chi connectivity index (χ1v) is 5.06. The predicted molar refractivity (Wildman–Crippen MR) is 54.1 cm³/mol. The van der Waals surface area contributed by atoms with Crippen molar-refractivity contribution in [3.63, 3.8) is 0 Å². The number of ether oxygens (including phenoxy) is 2. The molecule has 0 aromatic heterocycles. The third-order valence-electron chi connectivity index (χ3n) is 2.05. The lowest BCUT2D eigenvalue weighted by atomic mass is 10.2. The van der Waals surface area contributed by atoms with Crippen LogP contribution in [0.1, 0.15) is 5.56 Å². The molecule has 1 aliphatic heterocycles. The monoisotopic (exact) mass is 242 g/mol. The minimum atomic E-state index is 0.318. The van der Waals surface area contributed by atoms with Gasteiger partial charge in [0.2, 0.25) is 0 Å². The van der Waals surface area contributed by atoms with Crippen LogP contribution in [0.15, 0.2) is 22.7 Å². The Morgan fingerprint density at radius 1 is 1.62 bits per heavy atom. The van der Waals surface area contributed by atoms with Crippen molar-refractivity contribution in [2.24, 2.45) is 0 Å². The Morgan fingerprint density at radius 2 is 2.38 bits per heavy atom. The molecule has 13 heavy (non-hydrogen) atoms. The largest absolute Gasteiger partial charge is 0.490 e. The summed E-state index contributed by atoms with van der Waals surface area (Å²) in [5, 5.41) is 0. The minimum absolute atomic E-state index is 0.318. The molecule has 1 aromatic rings. The van der Waals surface area contributed by atoms with Crippen LogP contribution in [0.2, 0.25) is 0 Å². The van der Waals surface area contributed by atoms with Gasteiger partial charge in [0.05, 0.1) is 6.61 Å². The molecule has 1 fully saturated rings. The van der Waals surface area contributed by atoms with Gasteiger partial charge in [-0.2, -0.15) is 0 Å². The molecule has 2 nitrogen and oxygen atoms in total. The van der Waals surface area contributed by atoms with Gasteiger partial charge in [0.1, 0.15) is 18.5 Å². The SMILES string of the molecule is Cc1c(Br)cccc1OCC1CO1. The van der Waals surface area contributed by atoms with Gasteiger partial charge in [0.15, 0.2) is 0 Å². The molecule has 0 saturated carbocycles. The molecule has 1 heterocycles. The maximum Gasteiger partial charge on any atom is 0.123 e. The number of benzene rings is 1. The van der Waals surface area contributed by atoms with E-state index in [1.165, 1.54) is 0 Å². The van der Waals surface area contributed by atoms with Crippen molar-refractivity contribution in [3.8, 4) is 5.75 Å². The zero-order valence-electron chi connectivity index (χ0n) is 7.42. The summed E-state index contributed by atoms with van der Waals surface area (Å²) < 4.78 is 11.7. The summed E-state index contributed by atoms with van der Waals surface area (Å²) in [5.74, 6) is 0.935. The summed E-state index contributed by atoms with van der Waals surface area (Å²) >= 11 is 3.46. The van der Waals surface area contributed by atoms with Gasteiger partial charge in [-0.3, -0.25) is 0 Å². The van der Waals surface area contributed by atoms with E-state index >= 15 is 0 Å². The maximum absolute atomic E-state index is 5.59. The molecule has 1 saturated heterocycles. The molecule has 3 heteroatoms. The lowest BCUT2D eigenvalue weighted by molar-refractivity contribution is 0.261. The summed E-state index contributed by atoms with van der Waals surface area (Å²) in [5.41, 5.74) is 1.14. The lowest BCUT2D eigenvalue weighted by Crippen LogP contribution is -2.04. The molecule has 0 amide bonds. The lowest BCUT2D eigenvalue weighted by Gasteiger charge is -2.08. The van der Waals surface area contributed by atoms with E-state index in [0.29, 0.717) is 12.7 Å². The van der Waals surface area contributed by atoms with Crippen molar-refractivity contribution in [1.29, 1.82) is 0 Å². The highest BCUT2D eigenvalue weighted by atomic mass is 79.9. The molecule has 0 radical (unpaired) electrons. The van der Waals surface area contributed by atoms with Gasteiger partial charge in [0, 0.05) is 10.0 Å². The third kappa shape index (κ3) is 2.23. The first-order valence-electron chi connectivity index (χ1n) is 4.27. The maximum atomic E-state index is 5.59. The number of hydrogen-bond donors (Lipinski definition) is 0. The number of epoxide rings is 1. The van der Waals surface area contributed by atoms with E-state index in [9.17, 15) is 0 Å². The van der Waals surface area contributed by atoms with Crippen LogP contribution < -0.4 is 4.74 Å². The second-order valence-electron chi connectivity index (χ2n) is 3.13. The summed E-state index contributed by atoms with van der Waals surface area (Å²) in [7, 11) is 0. The van der Waals surface area contributed by atoms with Gasteiger partial charge in [-0.1, -0.05) is 22.0 Å². The molecule has 1 unspecified atom stereocenters. The van der Waals surface area contributed by atoms with Gasteiger partial charge in [0.25, 0.3) is 0 Å². The van der Waals surface area contributed by atoms with Crippen LogP contribution in [-0.2, 0) is 4.74 Å². The van der Waals surface area contributed by atoms with Crippen molar-refractivity contribution < 1.29 is 9.47 Å². The third-order valence-corrected chi connectivity index (χ3v) is 2.90. The summed E-state index contributed by atoms with van der Waals surface area (Å²) in [6, 6.07) is 5.96. The fourth-order valence-corrected chi connectivity index (χ4v) is 1.44. The molecule has 0 aliphatic carbocycles. The molecule has 0 N–H and O–H groups in total. The summed E-state index contributed by atoms with van der Waals surface area (Å²) in [6.07, 6.45) is 0.318. The average molecular weight is 243 g/mol. The van der Waals surface area contributed by atoms with Gasteiger partial charge in [-0.05, 0) is 19.1 Å². The zero-order valence-corrected chi connectivity index (χ0v) is 9.00. The second-order valence-corrected chi connectivity index (χ2v) is 3.98. The second kappa shape index (κ2) is 3.68. The molecule has 2 rings (SSSR count). The van der Waals surface area contributed by atoms with Crippen molar-refractivity contribution in [2.75, 3.05) is 13.2 Å². The van der Waals surface area contributed by atoms with Crippen LogP contribution in [0.3, 0.4) is 0 Å². The predicted octanol–water partition coefficient (Wildman–Crippen LogP) is 2.54. The first kappa shape index (κ1) is 9.03. The number of rotatable bonds is 3. The van der Waals surface area contributed by atoms with Crippen LogP contribution in [0.25, 0.3) is 0 Å². The van der Waals surface area contributed by atoms with Gasteiger partial charge < -0.3 is 9.47 Å². The summed E-state index contributed by atoms with van der Waals surface area (Å²) in [6.45, 7) is 3.54. The molecule has 1 aromatic carbocycles. The average Bonchev–Trinajstić information content (AvgIpc) is 2.91. The van der Waals surface area contributed by atoms with E-state index < -0.39 is 0 Å². The van der Waals surface area contributed by atoms with Crippen LogP contribution >= 0.6 is 15.9 Å².